The van der Waals surface area contributed by atoms with Crippen LogP contribution in [0.5, 0.6) is 17.2 Å². The number of carboxylic acid groups (broad SMARTS) is 1. The van der Waals surface area contributed by atoms with Crippen molar-refractivity contribution in [2.45, 2.75) is 91.9 Å². The molecule has 0 aliphatic heterocycles. The highest BCUT2D eigenvalue weighted by Gasteiger charge is 2.26. The van der Waals surface area contributed by atoms with E-state index in [-0.39, 0.29) is 11.5 Å². The fourth-order valence-corrected chi connectivity index (χ4v) is 3.47. The molecular weight excluding hydrogens is 344 g/mol. The number of hydrogen-bond acceptors (Lipinski definition) is 4. The number of aromatic hydroxyl groups is 1. The van der Waals surface area contributed by atoms with Crippen LogP contribution in [0.1, 0.15) is 89.3 Å². The lowest BCUT2D eigenvalue weighted by Crippen LogP contribution is -2.12. The zero-order valence-corrected chi connectivity index (χ0v) is 17.4. The molecule has 0 bridgehead atoms. The molecule has 0 aromatic heterocycles. The summed E-state index contributed by atoms with van der Waals surface area (Å²) >= 11 is 0. The van der Waals surface area contributed by atoms with Gasteiger partial charge in [-0.3, -0.25) is 0 Å². The van der Waals surface area contributed by atoms with Crippen molar-refractivity contribution in [3.8, 4) is 17.2 Å². The summed E-state index contributed by atoms with van der Waals surface area (Å²) < 4.78 is 11.0. The summed E-state index contributed by atoms with van der Waals surface area (Å²) in [7, 11) is 0. The van der Waals surface area contributed by atoms with Crippen LogP contribution in [0, 0.1) is 0 Å². The molecule has 0 unspecified atom stereocenters. The third kappa shape index (κ3) is 6.64. The van der Waals surface area contributed by atoms with E-state index in [1.807, 2.05) is 6.92 Å². The van der Waals surface area contributed by atoms with Gasteiger partial charge in [-0.1, -0.05) is 66.2 Å². The van der Waals surface area contributed by atoms with E-state index >= 15 is 0 Å². The number of rotatable bonds is 13. The predicted octanol–water partition coefficient (Wildman–Crippen LogP) is 6.27. The normalized spacial score (nSPS) is 10.8. The molecule has 0 radical (unpaired) electrons. The van der Waals surface area contributed by atoms with Gasteiger partial charge in [0.1, 0.15) is 0 Å². The Bertz CT molecular complexity index is 595. The summed E-state index contributed by atoms with van der Waals surface area (Å²) in [6.07, 6.45) is 7.81. The molecule has 0 spiro atoms. The van der Waals surface area contributed by atoms with Crippen molar-refractivity contribution in [1.82, 2.24) is 0 Å². The van der Waals surface area contributed by atoms with Crippen molar-refractivity contribution in [3.05, 3.63) is 16.7 Å². The molecule has 0 saturated heterocycles. The SMILES string of the molecule is CCCCCCOc1c(CCC)c(CCC)c(CCC)c(O)c1OC(=O)O. The molecule has 5 nitrogen and oxygen atoms in total. The molecule has 0 aliphatic rings. The molecule has 1 aromatic carbocycles. The monoisotopic (exact) mass is 380 g/mol. The van der Waals surface area contributed by atoms with E-state index < -0.39 is 6.16 Å². The van der Waals surface area contributed by atoms with E-state index in [1.165, 1.54) is 0 Å². The Labute approximate surface area is 163 Å². The number of carbonyl (C=O) groups is 1. The Kier molecular flexibility index (Phi) is 10.7. The molecule has 1 aromatic rings. The minimum Gasteiger partial charge on any atom is -0.504 e. The van der Waals surface area contributed by atoms with Gasteiger partial charge in [-0.05, 0) is 31.2 Å². The van der Waals surface area contributed by atoms with Gasteiger partial charge >= 0.3 is 6.16 Å². The molecular formula is C22H36O5. The summed E-state index contributed by atoms with van der Waals surface area (Å²) in [5.41, 5.74) is 2.89. The first kappa shape index (κ1) is 23.1. The number of phenolic OH excluding ortho intramolecular Hbond substituents is 1. The van der Waals surface area contributed by atoms with Crippen molar-refractivity contribution < 1.29 is 24.5 Å². The van der Waals surface area contributed by atoms with Crippen molar-refractivity contribution in [3.63, 3.8) is 0 Å². The van der Waals surface area contributed by atoms with Crippen molar-refractivity contribution in [2.24, 2.45) is 0 Å². The van der Waals surface area contributed by atoms with Gasteiger partial charge < -0.3 is 19.7 Å². The molecule has 0 amide bonds. The molecule has 0 heterocycles. The van der Waals surface area contributed by atoms with Crippen LogP contribution >= 0.6 is 0 Å². The smallest absolute Gasteiger partial charge is 0.504 e. The highest BCUT2D eigenvalue weighted by Crippen LogP contribution is 2.46. The minimum atomic E-state index is -1.44. The van der Waals surface area contributed by atoms with Gasteiger partial charge in [0.15, 0.2) is 11.5 Å². The molecule has 5 heteroatoms. The Hall–Kier alpha value is -1.91. The third-order valence-corrected chi connectivity index (χ3v) is 4.64. The van der Waals surface area contributed by atoms with E-state index in [2.05, 4.69) is 20.8 Å². The van der Waals surface area contributed by atoms with Crippen LogP contribution in [0.4, 0.5) is 4.79 Å². The average Bonchev–Trinajstić information content (AvgIpc) is 2.63. The quantitative estimate of drug-likeness (QED) is 0.240. The van der Waals surface area contributed by atoms with Crippen LogP contribution < -0.4 is 9.47 Å². The Morgan fingerprint density at radius 3 is 1.93 bits per heavy atom. The first-order chi connectivity index (χ1) is 13.0. The molecule has 27 heavy (non-hydrogen) atoms. The van der Waals surface area contributed by atoms with E-state index in [1.54, 1.807) is 0 Å². The number of ether oxygens (including phenoxy) is 2. The largest absolute Gasteiger partial charge is 0.511 e. The van der Waals surface area contributed by atoms with Crippen molar-refractivity contribution >= 4 is 6.16 Å². The van der Waals surface area contributed by atoms with E-state index in [4.69, 9.17) is 9.47 Å². The molecule has 0 aliphatic carbocycles. The number of hydrogen-bond donors (Lipinski definition) is 2. The molecule has 0 atom stereocenters. The van der Waals surface area contributed by atoms with E-state index in [0.717, 1.165) is 74.5 Å². The summed E-state index contributed by atoms with van der Waals surface area (Å²) in [5, 5.41) is 20.0. The second-order valence-corrected chi connectivity index (χ2v) is 6.97. The zero-order valence-electron chi connectivity index (χ0n) is 17.4. The van der Waals surface area contributed by atoms with Crippen LogP contribution in [0.2, 0.25) is 0 Å². The summed E-state index contributed by atoms with van der Waals surface area (Å²) in [6, 6.07) is 0. The molecule has 0 saturated carbocycles. The van der Waals surface area contributed by atoms with Gasteiger partial charge in [0, 0.05) is 11.1 Å². The summed E-state index contributed by atoms with van der Waals surface area (Å²) in [6.45, 7) is 8.89. The number of phenols is 1. The maximum Gasteiger partial charge on any atom is 0.511 e. The first-order valence-electron chi connectivity index (χ1n) is 10.4. The summed E-state index contributed by atoms with van der Waals surface area (Å²) in [5.74, 6) is 0.299. The van der Waals surface area contributed by atoms with Gasteiger partial charge in [0.25, 0.3) is 0 Å². The summed E-state index contributed by atoms with van der Waals surface area (Å²) in [4.78, 5) is 11.2. The standard InChI is InChI=1S/C22H36O5/c1-5-9-10-11-15-26-20-18(14-8-4)16(12-6-2)17(13-7-3)19(23)21(20)27-22(24)25/h23H,5-15H2,1-4H3,(H,24,25). The minimum absolute atomic E-state index is 0.0373. The molecule has 154 valence electrons. The Morgan fingerprint density at radius 1 is 0.778 bits per heavy atom. The predicted molar refractivity (Wildman–Crippen MR) is 108 cm³/mol. The van der Waals surface area contributed by atoms with Crippen LogP contribution in [0.15, 0.2) is 0 Å². The lowest BCUT2D eigenvalue weighted by Gasteiger charge is -2.23. The second-order valence-electron chi connectivity index (χ2n) is 6.97. The average molecular weight is 381 g/mol. The molecule has 0 fully saturated rings. The van der Waals surface area contributed by atoms with Gasteiger partial charge in [-0.2, -0.15) is 0 Å². The fourth-order valence-electron chi connectivity index (χ4n) is 3.47. The highest BCUT2D eigenvalue weighted by atomic mass is 16.7. The van der Waals surface area contributed by atoms with E-state index in [9.17, 15) is 15.0 Å². The lowest BCUT2D eigenvalue weighted by atomic mass is 9.90. The maximum atomic E-state index is 11.2. The van der Waals surface area contributed by atoms with Crippen LogP contribution in [-0.2, 0) is 19.3 Å². The molecule has 2 N–H and O–H groups in total. The number of benzene rings is 1. The van der Waals surface area contributed by atoms with Crippen molar-refractivity contribution in [1.29, 1.82) is 0 Å². The number of unbranched alkanes of at least 4 members (excludes halogenated alkanes) is 3. The van der Waals surface area contributed by atoms with Gasteiger partial charge in [-0.25, -0.2) is 4.79 Å². The van der Waals surface area contributed by atoms with E-state index in [0.29, 0.717) is 18.8 Å². The highest BCUT2D eigenvalue weighted by molar-refractivity contribution is 5.70. The van der Waals surface area contributed by atoms with Crippen molar-refractivity contribution in [2.75, 3.05) is 6.61 Å². The second kappa shape index (κ2) is 12.5. The lowest BCUT2D eigenvalue weighted by molar-refractivity contribution is 0.140. The first-order valence-corrected chi connectivity index (χ1v) is 10.4. The van der Waals surface area contributed by atoms with Crippen LogP contribution in [0.25, 0.3) is 0 Å². The topological polar surface area (TPSA) is 76.0 Å². The van der Waals surface area contributed by atoms with Gasteiger partial charge in [-0.15, -0.1) is 0 Å². The fraction of sp³-hybridized carbons (Fsp3) is 0.682. The zero-order chi connectivity index (χ0) is 20.2. The third-order valence-electron chi connectivity index (χ3n) is 4.64. The Morgan fingerprint density at radius 2 is 1.37 bits per heavy atom. The Balaban J connectivity index is 3.43. The van der Waals surface area contributed by atoms with Gasteiger partial charge in [0.2, 0.25) is 5.75 Å². The molecule has 1 rings (SSSR count). The van der Waals surface area contributed by atoms with Crippen LogP contribution in [-0.4, -0.2) is 23.0 Å². The van der Waals surface area contributed by atoms with Gasteiger partial charge in [0.05, 0.1) is 6.61 Å². The maximum absolute atomic E-state index is 11.2. The van der Waals surface area contributed by atoms with Crippen LogP contribution in [0.3, 0.4) is 0 Å².